The Bertz CT molecular complexity index is 355. The molecular weight excluding hydrogens is 277 g/mol. The van der Waals surface area contributed by atoms with E-state index in [-0.39, 0.29) is 16.1 Å². The molecule has 0 bridgehead atoms. The fraction of sp³-hybridized carbons (Fsp3) is 0.429. The van der Waals surface area contributed by atoms with Crippen LogP contribution in [0.25, 0.3) is 0 Å². The van der Waals surface area contributed by atoms with E-state index < -0.39 is 12.7 Å². The van der Waals surface area contributed by atoms with Gasteiger partial charge >= 0.3 is 6.18 Å². The van der Waals surface area contributed by atoms with Crippen LogP contribution in [0.2, 0.25) is 0 Å². The van der Waals surface area contributed by atoms with Gasteiger partial charge in [0.1, 0.15) is 29.0 Å². The van der Waals surface area contributed by atoms with Crippen LogP contribution >= 0.6 is 15.9 Å². The summed E-state index contributed by atoms with van der Waals surface area (Å²) in [5, 5.41) is 0. The maximum atomic E-state index is 12.1. The van der Waals surface area contributed by atoms with Gasteiger partial charge in [0.15, 0.2) is 0 Å². The predicted octanol–water partition coefficient (Wildman–Crippen LogP) is 1.82. The van der Waals surface area contributed by atoms with Crippen LogP contribution in [0.15, 0.2) is 10.8 Å². The van der Waals surface area contributed by atoms with Gasteiger partial charge in [-0.25, -0.2) is 9.97 Å². The number of anilines is 2. The molecule has 0 aromatic carbocycles. The highest BCUT2D eigenvalue weighted by molar-refractivity contribution is 9.10. The Hall–Kier alpha value is -1.05. The van der Waals surface area contributed by atoms with Crippen LogP contribution in [0.4, 0.5) is 24.8 Å². The first-order valence-electron chi connectivity index (χ1n) is 3.85. The Morgan fingerprint density at radius 2 is 2.07 bits per heavy atom. The number of nitrogens with two attached hydrogens (primary N) is 1. The van der Waals surface area contributed by atoms with Crippen LogP contribution in [0, 0.1) is 0 Å². The average Bonchev–Trinajstić information content (AvgIpc) is 2.06. The number of halogens is 4. The lowest BCUT2D eigenvalue weighted by Crippen LogP contribution is -2.31. The van der Waals surface area contributed by atoms with Crippen molar-refractivity contribution in [3.63, 3.8) is 0 Å². The number of nitrogen functional groups attached to an aromatic ring is 1. The van der Waals surface area contributed by atoms with Crippen molar-refractivity contribution in [3.05, 3.63) is 10.8 Å². The third-order valence-corrected chi connectivity index (χ3v) is 2.34. The second-order valence-electron chi connectivity index (χ2n) is 2.87. The lowest BCUT2D eigenvalue weighted by Gasteiger charge is -2.20. The first-order chi connectivity index (χ1) is 6.81. The van der Waals surface area contributed by atoms with Crippen molar-refractivity contribution in [2.75, 3.05) is 24.2 Å². The zero-order valence-corrected chi connectivity index (χ0v) is 9.30. The quantitative estimate of drug-likeness (QED) is 0.900. The molecule has 1 heterocycles. The molecule has 0 unspecified atom stereocenters. The second kappa shape index (κ2) is 4.21. The van der Waals surface area contributed by atoms with Crippen LogP contribution in [-0.4, -0.2) is 29.7 Å². The second-order valence-corrected chi connectivity index (χ2v) is 3.66. The molecule has 0 amide bonds. The topological polar surface area (TPSA) is 55.0 Å². The number of aromatic nitrogens is 2. The Morgan fingerprint density at radius 3 is 2.60 bits per heavy atom. The number of rotatable bonds is 2. The Kier molecular flexibility index (Phi) is 3.38. The normalized spacial score (nSPS) is 11.5. The molecular formula is C7H8BrF3N4. The molecule has 0 aliphatic rings. The molecule has 0 saturated heterocycles. The van der Waals surface area contributed by atoms with Gasteiger partial charge in [0.2, 0.25) is 0 Å². The van der Waals surface area contributed by atoms with Gasteiger partial charge in [0.05, 0.1) is 0 Å². The molecule has 84 valence electrons. The van der Waals surface area contributed by atoms with E-state index >= 15 is 0 Å². The van der Waals surface area contributed by atoms with Crippen molar-refractivity contribution in [2.24, 2.45) is 0 Å². The van der Waals surface area contributed by atoms with Crippen molar-refractivity contribution in [1.29, 1.82) is 0 Å². The van der Waals surface area contributed by atoms with E-state index in [4.69, 9.17) is 5.73 Å². The predicted molar refractivity (Wildman–Crippen MR) is 53.5 cm³/mol. The van der Waals surface area contributed by atoms with Crippen LogP contribution in [0.3, 0.4) is 0 Å². The Morgan fingerprint density at radius 1 is 1.47 bits per heavy atom. The van der Waals surface area contributed by atoms with Gasteiger partial charge in [-0.3, -0.25) is 0 Å². The van der Waals surface area contributed by atoms with Crippen molar-refractivity contribution >= 4 is 27.6 Å². The number of hydrogen-bond acceptors (Lipinski definition) is 4. The first-order valence-corrected chi connectivity index (χ1v) is 4.64. The van der Waals surface area contributed by atoms with E-state index in [2.05, 4.69) is 25.9 Å². The summed E-state index contributed by atoms with van der Waals surface area (Å²) in [6.45, 7) is -1.10. The summed E-state index contributed by atoms with van der Waals surface area (Å²) in [5.41, 5.74) is 5.42. The summed E-state index contributed by atoms with van der Waals surface area (Å²) in [5.74, 6) is 0.217. The molecule has 0 aliphatic carbocycles. The fourth-order valence-electron chi connectivity index (χ4n) is 0.984. The standard InChI is InChI=1S/C7H8BrF3N4/c1-15(2-7(9,10)11)6-4(8)5(12)13-3-14-6/h3H,2H2,1H3,(H2,12,13,14). The maximum Gasteiger partial charge on any atom is 0.405 e. The molecule has 0 spiro atoms. The molecule has 15 heavy (non-hydrogen) atoms. The van der Waals surface area contributed by atoms with Crippen molar-refractivity contribution in [3.8, 4) is 0 Å². The zero-order valence-electron chi connectivity index (χ0n) is 7.72. The summed E-state index contributed by atoms with van der Waals surface area (Å²) in [6, 6.07) is 0. The van der Waals surface area contributed by atoms with Gasteiger partial charge in [0, 0.05) is 7.05 Å². The molecule has 0 aliphatic heterocycles. The molecule has 8 heteroatoms. The lowest BCUT2D eigenvalue weighted by molar-refractivity contribution is -0.119. The first kappa shape index (κ1) is 12.0. The van der Waals surface area contributed by atoms with E-state index in [1.54, 1.807) is 0 Å². The number of alkyl halides is 3. The molecule has 2 N–H and O–H groups in total. The molecule has 0 atom stereocenters. The van der Waals surface area contributed by atoms with Gasteiger partial charge in [-0.05, 0) is 15.9 Å². The van der Waals surface area contributed by atoms with Crippen LogP contribution in [0.5, 0.6) is 0 Å². The van der Waals surface area contributed by atoms with Crippen LogP contribution < -0.4 is 10.6 Å². The Balaban J connectivity index is 2.92. The van der Waals surface area contributed by atoms with Gasteiger partial charge in [-0.15, -0.1) is 0 Å². The molecule has 1 aromatic heterocycles. The van der Waals surface area contributed by atoms with E-state index in [1.165, 1.54) is 7.05 Å². The smallest absolute Gasteiger partial charge is 0.383 e. The van der Waals surface area contributed by atoms with Crippen molar-refractivity contribution < 1.29 is 13.2 Å². The van der Waals surface area contributed by atoms with E-state index in [1.807, 2.05) is 0 Å². The van der Waals surface area contributed by atoms with Gasteiger partial charge < -0.3 is 10.6 Å². The zero-order chi connectivity index (χ0) is 11.6. The summed E-state index contributed by atoms with van der Waals surface area (Å²) >= 11 is 3.03. The third-order valence-electron chi connectivity index (χ3n) is 1.58. The van der Waals surface area contributed by atoms with Gasteiger partial charge in [-0.2, -0.15) is 13.2 Å². The highest BCUT2D eigenvalue weighted by atomic mass is 79.9. The lowest BCUT2D eigenvalue weighted by atomic mass is 10.4. The van der Waals surface area contributed by atoms with Crippen LogP contribution in [-0.2, 0) is 0 Å². The van der Waals surface area contributed by atoms with E-state index in [9.17, 15) is 13.2 Å². The largest absolute Gasteiger partial charge is 0.405 e. The minimum atomic E-state index is -4.28. The highest BCUT2D eigenvalue weighted by Crippen LogP contribution is 2.28. The minimum absolute atomic E-state index is 0.106. The monoisotopic (exact) mass is 284 g/mol. The summed E-state index contributed by atoms with van der Waals surface area (Å²) in [4.78, 5) is 8.29. The van der Waals surface area contributed by atoms with Crippen molar-refractivity contribution in [2.45, 2.75) is 6.18 Å². The molecule has 0 saturated carbocycles. The minimum Gasteiger partial charge on any atom is -0.383 e. The van der Waals surface area contributed by atoms with Gasteiger partial charge in [-0.1, -0.05) is 0 Å². The summed E-state index contributed by atoms with van der Waals surface area (Å²) < 4.78 is 36.5. The van der Waals surface area contributed by atoms with E-state index in [0.29, 0.717) is 0 Å². The summed E-state index contributed by atoms with van der Waals surface area (Å²) in [6.07, 6.45) is -3.17. The fourth-order valence-corrected chi connectivity index (χ4v) is 1.49. The van der Waals surface area contributed by atoms with Gasteiger partial charge in [0.25, 0.3) is 0 Å². The molecule has 0 fully saturated rings. The average molecular weight is 285 g/mol. The van der Waals surface area contributed by atoms with E-state index in [0.717, 1.165) is 11.2 Å². The molecule has 0 radical (unpaired) electrons. The molecule has 1 aromatic rings. The van der Waals surface area contributed by atoms with Crippen molar-refractivity contribution in [1.82, 2.24) is 9.97 Å². The number of hydrogen-bond donors (Lipinski definition) is 1. The molecule has 4 nitrogen and oxygen atoms in total. The Labute approximate surface area is 92.4 Å². The third kappa shape index (κ3) is 3.22. The van der Waals surface area contributed by atoms with Crippen LogP contribution in [0.1, 0.15) is 0 Å². The maximum absolute atomic E-state index is 12.1. The highest BCUT2D eigenvalue weighted by Gasteiger charge is 2.30. The SMILES string of the molecule is CN(CC(F)(F)F)c1ncnc(N)c1Br. The number of nitrogens with zero attached hydrogens (tertiary/aromatic N) is 3. The molecule has 1 rings (SSSR count). The summed E-state index contributed by atoms with van der Waals surface area (Å²) in [7, 11) is 1.28.